The Bertz CT molecular complexity index is 2350. The average molecular weight is 850 g/mol. The van der Waals surface area contributed by atoms with Crippen LogP contribution >= 0.6 is 11.3 Å². The van der Waals surface area contributed by atoms with Gasteiger partial charge in [0.25, 0.3) is 0 Å². The van der Waals surface area contributed by atoms with Crippen LogP contribution in [0.15, 0.2) is 128 Å². The molecule has 3 heterocycles. The maximum Gasteiger partial charge on any atom is 0.0798 e. The first-order chi connectivity index (χ1) is 23.3. The number of fused-ring (bicyclic) bond motifs is 3. The minimum absolute atomic E-state index is 0. The molecule has 0 aliphatic carbocycles. The predicted molar refractivity (Wildman–Crippen MR) is 208 cm³/mol. The minimum atomic E-state index is -1.34. The van der Waals surface area contributed by atoms with Gasteiger partial charge in [0.05, 0.1) is 24.9 Å². The van der Waals surface area contributed by atoms with Gasteiger partial charge in [-0.1, -0.05) is 127 Å². The van der Waals surface area contributed by atoms with Gasteiger partial charge < -0.3 is 9.55 Å². The SMILES string of the molecule is CC(C)Cc1cc(-c2[c-]cccc2)ncc1[Si](C)(C)C.[Ir].[c-]1sc2ccccc2c1-c1nc2ccccc2n1-c1cccc2ccccc12. The standard InChI is InChI=1S/C25H15N2S.C18H24NSi.Ir/c1-2-10-18-17(8-1)9-7-14-22(18)27-23-13-5-4-12-21(23)26-25(27)20-16-28-24-15-6-3-11-19(20)24;1-14(2)11-16-12-17(15-9-7-6-8-10-15)19-13-18(16)20(3,4)5;/h1-15H;6-9,12-14H,11H2,1-5H3;/q2*-1;. The number of imidazole rings is 1. The summed E-state index contributed by atoms with van der Waals surface area (Å²) in [7, 11) is -1.34. The summed E-state index contributed by atoms with van der Waals surface area (Å²) in [6.45, 7) is 11.7. The summed E-state index contributed by atoms with van der Waals surface area (Å²) in [4.78, 5) is 9.71. The first-order valence-corrected chi connectivity index (χ1v) is 20.9. The summed E-state index contributed by atoms with van der Waals surface area (Å²) in [5, 5.41) is 8.64. The minimum Gasteiger partial charge on any atom is -0.333 e. The van der Waals surface area contributed by atoms with E-state index in [2.05, 4.69) is 158 Å². The Kier molecular flexibility index (Phi) is 10.4. The Balaban J connectivity index is 0.000000177. The summed E-state index contributed by atoms with van der Waals surface area (Å²) in [6, 6.07) is 45.4. The monoisotopic (exact) mass is 850 g/mol. The van der Waals surface area contributed by atoms with Crippen LogP contribution < -0.4 is 5.19 Å². The van der Waals surface area contributed by atoms with E-state index >= 15 is 0 Å². The topological polar surface area (TPSA) is 30.7 Å². The van der Waals surface area contributed by atoms with Crippen molar-refractivity contribution < 1.29 is 20.1 Å². The maximum atomic E-state index is 5.03. The Hall–Kier alpha value is -4.19. The maximum absolute atomic E-state index is 5.03. The molecule has 0 saturated carbocycles. The number of rotatable bonds is 6. The van der Waals surface area contributed by atoms with E-state index in [-0.39, 0.29) is 20.1 Å². The predicted octanol–water partition coefficient (Wildman–Crippen LogP) is 11.2. The van der Waals surface area contributed by atoms with E-state index < -0.39 is 8.07 Å². The molecule has 0 aliphatic heterocycles. The molecular weight excluding hydrogens is 811 g/mol. The smallest absolute Gasteiger partial charge is 0.0798 e. The molecule has 0 fully saturated rings. The van der Waals surface area contributed by atoms with Gasteiger partial charge in [0.1, 0.15) is 0 Å². The van der Waals surface area contributed by atoms with Crippen LogP contribution in [0.5, 0.6) is 0 Å². The second-order valence-electron chi connectivity index (χ2n) is 13.7. The normalized spacial score (nSPS) is 11.5. The Morgan fingerprint density at radius 1 is 0.796 bits per heavy atom. The van der Waals surface area contributed by atoms with Gasteiger partial charge in [0, 0.05) is 37.4 Å². The van der Waals surface area contributed by atoms with Gasteiger partial charge in [-0.25, -0.2) is 0 Å². The van der Waals surface area contributed by atoms with Crippen LogP contribution in [0.1, 0.15) is 19.4 Å². The fourth-order valence-corrected chi connectivity index (χ4v) is 8.84. The van der Waals surface area contributed by atoms with Crippen molar-refractivity contribution in [3.8, 4) is 28.3 Å². The first kappa shape index (κ1) is 34.7. The van der Waals surface area contributed by atoms with Crippen LogP contribution in [0, 0.1) is 17.4 Å². The van der Waals surface area contributed by atoms with Crippen molar-refractivity contribution in [1.29, 1.82) is 0 Å². The van der Waals surface area contributed by atoms with E-state index in [0.29, 0.717) is 5.92 Å². The summed E-state index contributed by atoms with van der Waals surface area (Å²) >= 11 is 1.65. The van der Waals surface area contributed by atoms with Gasteiger partial charge >= 0.3 is 0 Å². The van der Waals surface area contributed by atoms with Gasteiger partial charge in [-0.15, -0.1) is 47.3 Å². The van der Waals surface area contributed by atoms with Gasteiger partial charge in [-0.2, -0.15) is 0 Å². The van der Waals surface area contributed by atoms with Crippen LogP contribution in [0.25, 0.3) is 60.2 Å². The van der Waals surface area contributed by atoms with E-state index in [0.717, 1.165) is 45.8 Å². The van der Waals surface area contributed by atoms with Crippen molar-refractivity contribution in [2.45, 2.75) is 39.9 Å². The fourth-order valence-electron chi connectivity index (χ4n) is 6.41. The molecule has 0 N–H and O–H groups in total. The van der Waals surface area contributed by atoms with Crippen LogP contribution in [0.4, 0.5) is 0 Å². The van der Waals surface area contributed by atoms with Crippen molar-refractivity contribution in [1.82, 2.24) is 14.5 Å². The van der Waals surface area contributed by atoms with Gasteiger partial charge in [0.2, 0.25) is 0 Å². The van der Waals surface area contributed by atoms with Gasteiger partial charge in [0.15, 0.2) is 0 Å². The fraction of sp³-hybridized carbons (Fsp3) is 0.163. The third-order valence-electron chi connectivity index (χ3n) is 8.62. The zero-order valence-electron chi connectivity index (χ0n) is 28.5. The number of hydrogen-bond acceptors (Lipinski definition) is 3. The molecule has 1 radical (unpaired) electrons. The zero-order chi connectivity index (χ0) is 33.3. The van der Waals surface area contributed by atoms with E-state index in [9.17, 15) is 0 Å². The molecule has 0 bridgehead atoms. The molecule has 0 amide bonds. The summed E-state index contributed by atoms with van der Waals surface area (Å²) in [6.07, 6.45) is 3.24. The van der Waals surface area contributed by atoms with Crippen LogP contribution in [-0.4, -0.2) is 22.6 Å². The molecule has 6 heteroatoms. The molecule has 0 aliphatic rings. The molecule has 3 aromatic heterocycles. The Labute approximate surface area is 308 Å². The summed E-state index contributed by atoms with van der Waals surface area (Å²) < 4.78 is 3.51. The average Bonchev–Trinajstić information content (AvgIpc) is 3.70. The number of aromatic nitrogens is 3. The molecule has 247 valence electrons. The van der Waals surface area contributed by atoms with E-state index in [1.807, 2.05) is 24.3 Å². The second-order valence-corrected chi connectivity index (χ2v) is 19.6. The molecule has 0 unspecified atom stereocenters. The number of thiophene rings is 1. The number of benzene rings is 5. The summed E-state index contributed by atoms with van der Waals surface area (Å²) in [5.74, 6) is 1.61. The molecule has 5 aromatic carbocycles. The van der Waals surface area contributed by atoms with E-state index in [1.165, 1.54) is 31.6 Å². The van der Waals surface area contributed by atoms with Crippen molar-refractivity contribution in [3.05, 3.63) is 145 Å². The van der Waals surface area contributed by atoms with Gasteiger partial charge in [-0.3, -0.25) is 16.3 Å². The Morgan fingerprint density at radius 2 is 1.51 bits per heavy atom. The van der Waals surface area contributed by atoms with Crippen molar-refractivity contribution in [3.63, 3.8) is 0 Å². The van der Waals surface area contributed by atoms with E-state index in [1.54, 1.807) is 11.3 Å². The van der Waals surface area contributed by atoms with Gasteiger partial charge in [-0.05, 0) is 46.8 Å². The second kappa shape index (κ2) is 14.7. The molecule has 3 nitrogen and oxygen atoms in total. The van der Waals surface area contributed by atoms with Crippen molar-refractivity contribution >= 4 is 56.5 Å². The molecule has 8 aromatic rings. The molecule has 0 atom stereocenters. The molecule has 49 heavy (non-hydrogen) atoms. The Morgan fingerprint density at radius 3 is 2.29 bits per heavy atom. The number of pyridine rings is 1. The molecule has 8 rings (SSSR count). The number of nitrogens with zero attached hydrogens (tertiary/aromatic N) is 3. The van der Waals surface area contributed by atoms with Crippen molar-refractivity contribution in [2.24, 2.45) is 5.92 Å². The quantitative estimate of drug-likeness (QED) is 0.123. The third kappa shape index (κ3) is 7.24. The van der Waals surface area contributed by atoms with Crippen molar-refractivity contribution in [2.75, 3.05) is 0 Å². The number of hydrogen-bond donors (Lipinski definition) is 0. The number of para-hydroxylation sites is 2. The molecular formula is C43H39IrN3SSi-2. The van der Waals surface area contributed by atoms with Crippen LogP contribution in [-0.2, 0) is 26.5 Å². The molecule has 0 spiro atoms. The first-order valence-electron chi connectivity index (χ1n) is 16.6. The molecule has 0 saturated heterocycles. The largest absolute Gasteiger partial charge is 0.333 e. The van der Waals surface area contributed by atoms with Crippen LogP contribution in [0.3, 0.4) is 0 Å². The summed E-state index contributed by atoms with van der Waals surface area (Å²) in [5.41, 5.74) is 7.91. The van der Waals surface area contributed by atoms with Crippen LogP contribution in [0.2, 0.25) is 19.6 Å². The third-order valence-corrected chi connectivity index (χ3v) is 11.6. The zero-order valence-corrected chi connectivity index (χ0v) is 32.7. The van der Waals surface area contributed by atoms with E-state index in [4.69, 9.17) is 4.98 Å².